The zero-order chi connectivity index (χ0) is 20.5. The lowest BCUT2D eigenvalue weighted by Crippen LogP contribution is -2.37. The molecule has 0 radical (unpaired) electrons. The molecule has 1 fully saturated rings. The van der Waals surface area contributed by atoms with Crippen molar-refractivity contribution in [2.45, 2.75) is 39.7 Å². The zero-order valence-corrected chi connectivity index (χ0v) is 17.3. The summed E-state index contributed by atoms with van der Waals surface area (Å²) in [7, 11) is 0. The Kier molecular flexibility index (Phi) is 7.81. The van der Waals surface area contributed by atoms with Crippen molar-refractivity contribution in [1.82, 2.24) is 15.3 Å². The lowest BCUT2D eigenvalue weighted by molar-refractivity contribution is 0.0950. The van der Waals surface area contributed by atoms with Gasteiger partial charge in [-0.05, 0) is 37.6 Å². The smallest absolute Gasteiger partial charge is 0.251 e. The number of amides is 1. The number of morpholine rings is 1. The molecule has 7 nitrogen and oxygen atoms in total. The average Bonchev–Trinajstić information content (AvgIpc) is 2.76. The third kappa shape index (κ3) is 6.42. The van der Waals surface area contributed by atoms with Gasteiger partial charge >= 0.3 is 0 Å². The summed E-state index contributed by atoms with van der Waals surface area (Å²) in [5.41, 5.74) is 1.47. The van der Waals surface area contributed by atoms with E-state index in [-0.39, 0.29) is 12.5 Å². The van der Waals surface area contributed by atoms with E-state index in [1.165, 1.54) is 6.42 Å². The van der Waals surface area contributed by atoms with Crippen LogP contribution >= 0.6 is 0 Å². The maximum Gasteiger partial charge on any atom is 0.251 e. The molecular formula is C22H30N4O3. The highest BCUT2D eigenvalue weighted by molar-refractivity contribution is 5.94. The van der Waals surface area contributed by atoms with E-state index in [1.54, 1.807) is 12.1 Å². The summed E-state index contributed by atoms with van der Waals surface area (Å²) >= 11 is 0. The molecule has 29 heavy (non-hydrogen) atoms. The van der Waals surface area contributed by atoms with E-state index in [4.69, 9.17) is 9.47 Å². The summed E-state index contributed by atoms with van der Waals surface area (Å²) in [6, 6.07) is 9.19. The van der Waals surface area contributed by atoms with Gasteiger partial charge in [0.25, 0.3) is 5.91 Å². The number of carbonyl (C=O) groups is 1. The predicted octanol–water partition coefficient (Wildman–Crippen LogP) is 3.12. The highest BCUT2D eigenvalue weighted by Crippen LogP contribution is 2.15. The number of nitrogens with one attached hydrogen (secondary N) is 1. The first-order valence-electron chi connectivity index (χ1n) is 10.3. The van der Waals surface area contributed by atoms with Crippen molar-refractivity contribution in [2.75, 3.05) is 37.8 Å². The molecule has 0 aliphatic carbocycles. The lowest BCUT2D eigenvalue weighted by atomic mass is 10.2. The Hall–Kier alpha value is -2.67. The summed E-state index contributed by atoms with van der Waals surface area (Å²) in [4.78, 5) is 23.7. The number of nitrogens with zero attached hydrogens (tertiary/aromatic N) is 3. The van der Waals surface area contributed by atoms with Gasteiger partial charge in [-0.15, -0.1) is 0 Å². The summed E-state index contributed by atoms with van der Waals surface area (Å²) in [5, 5.41) is 2.90. The summed E-state index contributed by atoms with van der Waals surface area (Å²) in [6.07, 6.45) is 3.37. The molecule has 1 aromatic heterocycles. The molecule has 0 unspecified atom stereocenters. The monoisotopic (exact) mass is 398 g/mol. The summed E-state index contributed by atoms with van der Waals surface area (Å²) in [6.45, 7) is 8.13. The van der Waals surface area contributed by atoms with Gasteiger partial charge in [-0.3, -0.25) is 4.79 Å². The van der Waals surface area contributed by atoms with Gasteiger partial charge in [-0.2, -0.15) is 0 Å². The van der Waals surface area contributed by atoms with Crippen molar-refractivity contribution in [3.8, 4) is 5.75 Å². The molecule has 156 valence electrons. The van der Waals surface area contributed by atoms with Crippen LogP contribution in [-0.2, 0) is 11.3 Å². The molecule has 1 N–H and O–H groups in total. The molecule has 1 saturated heterocycles. The quantitative estimate of drug-likeness (QED) is 0.654. The van der Waals surface area contributed by atoms with E-state index in [9.17, 15) is 4.79 Å². The van der Waals surface area contributed by atoms with Crippen LogP contribution < -0.4 is 15.0 Å². The Labute approximate surface area is 172 Å². The SMILES string of the molecule is CCCCCOc1ccc(C(=O)NCc2nc(C)cc(N3CCOCC3)n2)cc1. The standard InChI is InChI=1S/C22H30N4O3/c1-3-4-5-12-29-19-8-6-18(7-9-19)22(27)23-16-20-24-17(2)15-21(25-20)26-10-13-28-14-11-26/h6-9,15H,3-5,10-14,16H2,1-2H3,(H,23,27). The Morgan fingerprint density at radius 1 is 1.17 bits per heavy atom. The molecule has 7 heteroatoms. The van der Waals surface area contributed by atoms with Crippen LogP contribution in [0.3, 0.4) is 0 Å². The fourth-order valence-corrected chi connectivity index (χ4v) is 3.15. The van der Waals surface area contributed by atoms with Crippen molar-refractivity contribution in [3.05, 3.63) is 47.4 Å². The predicted molar refractivity (Wildman–Crippen MR) is 112 cm³/mol. The first kappa shape index (κ1) is 21.0. The lowest BCUT2D eigenvalue weighted by Gasteiger charge is -2.28. The molecule has 1 aliphatic heterocycles. The Balaban J connectivity index is 1.54. The van der Waals surface area contributed by atoms with Gasteiger partial charge in [0.15, 0.2) is 0 Å². The van der Waals surface area contributed by atoms with Gasteiger partial charge in [0.1, 0.15) is 17.4 Å². The molecule has 2 heterocycles. The minimum absolute atomic E-state index is 0.152. The highest BCUT2D eigenvalue weighted by atomic mass is 16.5. The first-order chi connectivity index (χ1) is 14.2. The number of rotatable bonds is 9. The zero-order valence-electron chi connectivity index (χ0n) is 17.3. The Morgan fingerprint density at radius 2 is 1.93 bits per heavy atom. The minimum Gasteiger partial charge on any atom is -0.494 e. The number of benzene rings is 1. The van der Waals surface area contributed by atoms with Crippen LogP contribution in [0.15, 0.2) is 30.3 Å². The molecule has 1 amide bonds. The van der Waals surface area contributed by atoms with Gasteiger partial charge in [0.2, 0.25) is 0 Å². The number of unbranched alkanes of at least 4 members (excludes halogenated alkanes) is 2. The maximum atomic E-state index is 12.5. The second kappa shape index (κ2) is 10.8. The number of ether oxygens (including phenoxy) is 2. The van der Waals surface area contributed by atoms with Crippen molar-refractivity contribution in [2.24, 2.45) is 0 Å². The fourth-order valence-electron chi connectivity index (χ4n) is 3.15. The van der Waals surface area contributed by atoms with Crippen LogP contribution in [0.25, 0.3) is 0 Å². The van der Waals surface area contributed by atoms with Gasteiger partial charge in [-0.25, -0.2) is 9.97 Å². The van der Waals surface area contributed by atoms with Gasteiger partial charge in [0, 0.05) is 30.4 Å². The van der Waals surface area contributed by atoms with E-state index < -0.39 is 0 Å². The van der Waals surface area contributed by atoms with Crippen LogP contribution in [-0.4, -0.2) is 48.8 Å². The molecule has 0 bridgehead atoms. The Bertz CT molecular complexity index is 789. The topological polar surface area (TPSA) is 76.6 Å². The number of aryl methyl sites for hydroxylation is 1. The second-order valence-electron chi connectivity index (χ2n) is 7.15. The summed E-state index contributed by atoms with van der Waals surface area (Å²) in [5.74, 6) is 2.13. The van der Waals surface area contributed by atoms with Gasteiger partial charge < -0.3 is 19.7 Å². The maximum absolute atomic E-state index is 12.5. The number of carbonyl (C=O) groups excluding carboxylic acids is 1. The van der Waals surface area contributed by atoms with Crippen molar-refractivity contribution in [3.63, 3.8) is 0 Å². The van der Waals surface area contributed by atoms with Crippen LogP contribution in [0.5, 0.6) is 5.75 Å². The second-order valence-corrected chi connectivity index (χ2v) is 7.15. The molecule has 0 spiro atoms. The van der Waals surface area contributed by atoms with E-state index in [0.29, 0.717) is 31.2 Å². The van der Waals surface area contributed by atoms with Crippen LogP contribution in [0.4, 0.5) is 5.82 Å². The van der Waals surface area contributed by atoms with Gasteiger partial charge in [0.05, 0.1) is 26.4 Å². The van der Waals surface area contributed by atoms with Crippen LogP contribution in [0.2, 0.25) is 0 Å². The first-order valence-corrected chi connectivity index (χ1v) is 10.3. The highest BCUT2D eigenvalue weighted by Gasteiger charge is 2.14. The molecule has 2 aromatic rings. The number of hydrogen-bond acceptors (Lipinski definition) is 6. The van der Waals surface area contributed by atoms with E-state index in [0.717, 1.165) is 43.2 Å². The van der Waals surface area contributed by atoms with Gasteiger partial charge in [-0.1, -0.05) is 19.8 Å². The van der Waals surface area contributed by atoms with Crippen LogP contribution in [0, 0.1) is 6.92 Å². The average molecular weight is 399 g/mol. The molecular weight excluding hydrogens is 368 g/mol. The Morgan fingerprint density at radius 3 is 2.66 bits per heavy atom. The molecule has 0 saturated carbocycles. The third-order valence-corrected chi connectivity index (χ3v) is 4.76. The molecule has 1 aromatic carbocycles. The molecule has 1 aliphatic rings. The van der Waals surface area contributed by atoms with Crippen molar-refractivity contribution >= 4 is 11.7 Å². The normalized spacial score (nSPS) is 13.9. The van der Waals surface area contributed by atoms with E-state index in [2.05, 4.69) is 27.1 Å². The van der Waals surface area contributed by atoms with Crippen LogP contribution in [0.1, 0.15) is 48.1 Å². The number of anilines is 1. The summed E-state index contributed by atoms with van der Waals surface area (Å²) < 4.78 is 11.1. The van der Waals surface area contributed by atoms with E-state index >= 15 is 0 Å². The molecule has 0 atom stereocenters. The van der Waals surface area contributed by atoms with E-state index in [1.807, 2.05) is 25.1 Å². The number of hydrogen-bond donors (Lipinski definition) is 1. The third-order valence-electron chi connectivity index (χ3n) is 4.76. The van der Waals surface area contributed by atoms with Crippen molar-refractivity contribution < 1.29 is 14.3 Å². The largest absolute Gasteiger partial charge is 0.494 e. The fraction of sp³-hybridized carbons (Fsp3) is 0.500. The molecule has 3 rings (SSSR count). The minimum atomic E-state index is -0.152. The number of aromatic nitrogens is 2. The van der Waals surface area contributed by atoms with Crippen molar-refractivity contribution in [1.29, 1.82) is 0 Å².